The summed E-state index contributed by atoms with van der Waals surface area (Å²) in [7, 11) is 1.95. The van der Waals surface area contributed by atoms with Crippen LogP contribution in [-0.2, 0) is 6.61 Å². The van der Waals surface area contributed by atoms with Crippen molar-refractivity contribution in [1.29, 1.82) is 0 Å². The van der Waals surface area contributed by atoms with Gasteiger partial charge >= 0.3 is 0 Å². The average molecular weight is 311 g/mol. The molecular weight excluding hydrogens is 295 g/mol. The summed E-state index contributed by atoms with van der Waals surface area (Å²) in [6, 6.07) is 11.4. The molecule has 0 bridgehead atoms. The second-order valence-electron chi connectivity index (χ2n) is 4.60. The highest BCUT2D eigenvalue weighted by Crippen LogP contribution is 2.27. The molecule has 1 aromatic carbocycles. The lowest BCUT2D eigenvalue weighted by molar-refractivity contribution is 0.277. The minimum atomic E-state index is -0.175. The Morgan fingerprint density at radius 1 is 1.25 bits per heavy atom. The van der Waals surface area contributed by atoms with Crippen molar-refractivity contribution in [3.63, 3.8) is 0 Å². The Balaban J connectivity index is 2.28. The molecule has 1 aromatic heterocycles. The van der Waals surface area contributed by atoms with E-state index in [9.17, 15) is 5.11 Å². The van der Waals surface area contributed by atoms with Gasteiger partial charge in [0.1, 0.15) is 5.82 Å². The summed E-state index contributed by atoms with van der Waals surface area (Å²) in [4.78, 5) is 6.39. The second kappa shape index (κ2) is 6.44. The first kappa shape index (κ1) is 15.1. The molecule has 0 aliphatic heterocycles. The predicted octanol–water partition coefficient (Wildman–Crippen LogP) is 4.08. The van der Waals surface area contributed by atoms with Crippen LogP contribution in [-0.4, -0.2) is 17.1 Å². The van der Waals surface area contributed by atoms with Gasteiger partial charge in [-0.3, -0.25) is 0 Å². The van der Waals surface area contributed by atoms with Crippen molar-refractivity contribution in [2.75, 3.05) is 11.9 Å². The molecule has 1 N–H and O–H groups in total. The van der Waals surface area contributed by atoms with Crippen molar-refractivity contribution in [3.05, 3.63) is 57.7 Å². The van der Waals surface area contributed by atoms with Crippen LogP contribution in [0.5, 0.6) is 0 Å². The molecule has 0 fully saturated rings. The van der Waals surface area contributed by atoms with Crippen molar-refractivity contribution < 1.29 is 5.11 Å². The van der Waals surface area contributed by atoms with Crippen LogP contribution >= 0.6 is 23.2 Å². The Hall–Kier alpha value is -1.29. The number of rotatable bonds is 4. The molecule has 0 spiro atoms. The van der Waals surface area contributed by atoms with Crippen LogP contribution in [0.1, 0.15) is 24.2 Å². The third kappa shape index (κ3) is 3.23. The van der Waals surface area contributed by atoms with Gasteiger partial charge in [0.2, 0.25) is 0 Å². The molecule has 5 heteroatoms. The summed E-state index contributed by atoms with van der Waals surface area (Å²) in [5.74, 6) is 0.755. The Labute approximate surface area is 128 Å². The van der Waals surface area contributed by atoms with Crippen LogP contribution in [0.2, 0.25) is 10.0 Å². The molecule has 0 amide bonds. The van der Waals surface area contributed by atoms with Crippen LogP contribution in [0.25, 0.3) is 0 Å². The van der Waals surface area contributed by atoms with Crippen LogP contribution in [0.15, 0.2) is 36.4 Å². The zero-order valence-corrected chi connectivity index (χ0v) is 12.9. The number of pyridine rings is 1. The van der Waals surface area contributed by atoms with Gasteiger partial charge in [0.15, 0.2) is 0 Å². The van der Waals surface area contributed by atoms with Crippen LogP contribution in [0.4, 0.5) is 5.82 Å². The topological polar surface area (TPSA) is 36.4 Å². The molecule has 1 unspecified atom stereocenters. The number of halogens is 2. The summed E-state index contributed by atoms with van der Waals surface area (Å²) in [5.41, 5.74) is 1.58. The van der Waals surface area contributed by atoms with Crippen molar-refractivity contribution in [2.24, 2.45) is 0 Å². The number of aromatic nitrogens is 1. The van der Waals surface area contributed by atoms with Gasteiger partial charge in [0.05, 0.1) is 23.4 Å². The molecule has 106 valence electrons. The summed E-state index contributed by atoms with van der Waals surface area (Å²) in [6.45, 7) is 1.90. The fourth-order valence-electron chi connectivity index (χ4n) is 1.97. The predicted molar refractivity (Wildman–Crippen MR) is 83.4 cm³/mol. The maximum Gasteiger partial charge on any atom is 0.129 e. The van der Waals surface area contributed by atoms with Crippen LogP contribution < -0.4 is 4.90 Å². The average Bonchev–Trinajstić information content (AvgIpc) is 2.46. The Morgan fingerprint density at radius 3 is 2.65 bits per heavy atom. The molecule has 20 heavy (non-hydrogen) atoms. The first-order chi connectivity index (χ1) is 9.52. The third-order valence-corrected chi connectivity index (χ3v) is 3.91. The minimum absolute atomic E-state index is 0.105. The fourth-order valence-corrected chi connectivity index (χ4v) is 2.33. The Morgan fingerprint density at radius 2 is 2.00 bits per heavy atom. The SMILES string of the molecule is CC(c1cccc(Cl)c1)N(C)c1ccc(Cl)c(CO)n1. The number of nitrogens with zero attached hydrogens (tertiary/aromatic N) is 2. The van der Waals surface area contributed by atoms with E-state index in [1.807, 2.05) is 42.3 Å². The Kier molecular flexibility index (Phi) is 4.86. The summed E-state index contributed by atoms with van der Waals surface area (Å²) >= 11 is 12.0. The minimum Gasteiger partial charge on any atom is -0.390 e. The smallest absolute Gasteiger partial charge is 0.129 e. The van der Waals surface area contributed by atoms with E-state index in [1.165, 1.54) is 0 Å². The number of anilines is 1. The Bertz CT molecular complexity index is 604. The second-order valence-corrected chi connectivity index (χ2v) is 5.44. The highest BCUT2D eigenvalue weighted by atomic mass is 35.5. The molecule has 0 radical (unpaired) electrons. The van der Waals surface area contributed by atoms with E-state index in [0.717, 1.165) is 11.4 Å². The summed E-state index contributed by atoms with van der Waals surface area (Å²) < 4.78 is 0. The molecule has 2 aromatic rings. The van der Waals surface area contributed by atoms with Crippen molar-refractivity contribution in [2.45, 2.75) is 19.6 Å². The number of aliphatic hydroxyl groups is 1. The van der Waals surface area contributed by atoms with E-state index in [2.05, 4.69) is 11.9 Å². The standard InChI is InChI=1S/C15H16Cl2N2O/c1-10(11-4-3-5-12(16)8-11)19(2)15-7-6-13(17)14(9-20)18-15/h3-8,10,20H,9H2,1-2H3. The molecule has 1 heterocycles. The summed E-state index contributed by atoms with van der Waals surface area (Å²) in [6.07, 6.45) is 0. The first-order valence-electron chi connectivity index (χ1n) is 6.27. The van der Waals surface area contributed by atoms with Crippen LogP contribution in [0.3, 0.4) is 0 Å². The largest absolute Gasteiger partial charge is 0.390 e. The van der Waals surface area contributed by atoms with Crippen molar-refractivity contribution >= 4 is 29.0 Å². The highest BCUT2D eigenvalue weighted by molar-refractivity contribution is 6.31. The number of benzene rings is 1. The van der Waals surface area contributed by atoms with E-state index < -0.39 is 0 Å². The molecule has 1 atom stereocenters. The highest BCUT2D eigenvalue weighted by Gasteiger charge is 2.15. The monoisotopic (exact) mass is 310 g/mol. The summed E-state index contributed by atoms with van der Waals surface area (Å²) in [5, 5.41) is 10.4. The van der Waals surface area contributed by atoms with E-state index in [0.29, 0.717) is 15.7 Å². The third-order valence-electron chi connectivity index (χ3n) is 3.33. The zero-order valence-electron chi connectivity index (χ0n) is 11.3. The van der Waals surface area contributed by atoms with Gasteiger partial charge in [0, 0.05) is 12.1 Å². The van der Waals surface area contributed by atoms with E-state index in [4.69, 9.17) is 23.2 Å². The van der Waals surface area contributed by atoms with Gasteiger partial charge in [-0.05, 0) is 36.8 Å². The molecule has 3 nitrogen and oxygen atoms in total. The number of aliphatic hydroxyl groups excluding tert-OH is 1. The molecule has 0 aliphatic rings. The van der Waals surface area contributed by atoms with Crippen LogP contribution in [0, 0.1) is 0 Å². The molecule has 2 rings (SSSR count). The van der Waals surface area contributed by atoms with Gasteiger partial charge in [-0.15, -0.1) is 0 Å². The molecule has 0 saturated heterocycles. The maximum atomic E-state index is 9.23. The molecular formula is C15H16Cl2N2O. The van der Waals surface area contributed by atoms with Gasteiger partial charge in [0.25, 0.3) is 0 Å². The first-order valence-corrected chi connectivity index (χ1v) is 7.03. The lowest BCUT2D eigenvalue weighted by atomic mass is 10.1. The van der Waals surface area contributed by atoms with Gasteiger partial charge in [-0.25, -0.2) is 4.98 Å². The molecule has 0 saturated carbocycles. The maximum absolute atomic E-state index is 9.23. The lowest BCUT2D eigenvalue weighted by Crippen LogP contribution is -2.23. The molecule has 0 aliphatic carbocycles. The van der Waals surface area contributed by atoms with E-state index in [1.54, 1.807) is 6.07 Å². The van der Waals surface area contributed by atoms with Gasteiger partial charge < -0.3 is 10.0 Å². The van der Waals surface area contributed by atoms with Gasteiger partial charge in [-0.1, -0.05) is 35.3 Å². The van der Waals surface area contributed by atoms with Crippen molar-refractivity contribution in [1.82, 2.24) is 4.98 Å². The van der Waals surface area contributed by atoms with E-state index >= 15 is 0 Å². The lowest BCUT2D eigenvalue weighted by Gasteiger charge is -2.27. The zero-order chi connectivity index (χ0) is 14.7. The quantitative estimate of drug-likeness (QED) is 0.924. The fraction of sp³-hybridized carbons (Fsp3) is 0.267. The number of hydrogen-bond donors (Lipinski definition) is 1. The van der Waals surface area contributed by atoms with Crippen molar-refractivity contribution in [3.8, 4) is 0 Å². The van der Waals surface area contributed by atoms with E-state index in [-0.39, 0.29) is 12.6 Å². The number of hydrogen-bond acceptors (Lipinski definition) is 3. The van der Waals surface area contributed by atoms with Gasteiger partial charge in [-0.2, -0.15) is 0 Å². The normalized spacial score (nSPS) is 12.2.